The summed E-state index contributed by atoms with van der Waals surface area (Å²) in [6.45, 7) is 2.23. The van der Waals surface area contributed by atoms with E-state index in [9.17, 15) is 9.59 Å². The summed E-state index contributed by atoms with van der Waals surface area (Å²) in [5.74, 6) is -0.124. The summed E-state index contributed by atoms with van der Waals surface area (Å²) in [5.41, 5.74) is 4.05. The van der Waals surface area contributed by atoms with Gasteiger partial charge in [-0.2, -0.15) is 5.10 Å². The summed E-state index contributed by atoms with van der Waals surface area (Å²) < 4.78 is 11.3. The quantitative estimate of drug-likeness (QED) is 0.196. The molecule has 0 atom stereocenters. The van der Waals surface area contributed by atoms with Gasteiger partial charge in [-0.25, -0.2) is 10.2 Å². The van der Waals surface area contributed by atoms with E-state index in [1.807, 2.05) is 43.3 Å². The summed E-state index contributed by atoms with van der Waals surface area (Å²) in [4.78, 5) is 28.8. The highest BCUT2D eigenvalue weighted by Crippen LogP contribution is 2.30. The molecule has 1 heterocycles. The molecule has 7 nitrogen and oxygen atoms in total. The smallest absolute Gasteiger partial charge is 0.344 e. The van der Waals surface area contributed by atoms with Gasteiger partial charge in [-0.1, -0.05) is 36.4 Å². The zero-order chi connectivity index (χ0) is 23.0. The molecule has 1 aromatic heterocycles. The normalized spacial score (nSPS) is 10.8. The van der Waals surface area contributed by atoms with E-state index in [1.165, 1.54) is 18.6 Å². The van der Waals surface area contributed by atoms with Crippen molar-refractivity contribution in [3.63, 3.8) is 0 Å². The Morgan fingerprint density at radius 3 is 2.58 bits per heavy atom. The van der Waals surface area contributed by atoms with Crippen molar-refractivity contribution >= 4 is 28.9 Å². The van der Waals surface area contributed by atoms with E-state index in [4.69, 9.17) is 9.47 Å². The summed E-state index contributed by atoms with van der Waals surface area (Å²) in [7, 11) is 0. The molecule has 0 aliphatic rings. The Morgan fingerprint density at radius 1 is 0.970 bits per heavy atom. The number of hydrogen-bond acceptors (Lipinski definition) is 6. The monoisotopic (exact) mass is 439 g/mol. The van der Waals surface area contributed by atoms with Gasteiger partial charge in [0.05, 0.1) is 18.4 Å². The predicted octanol–water partition coefficient (Wildman–Crippen LogP) is 4.62. The second kappa shape index (κ2) is 10.2. The van der Waals surface area contributed by atoms with Crippen LogP contribution in [0, 0.1) is 0 Å². The number of ether oxygens (including phenoxy) is 2. The summed E-state index contributed by atoms with van der Waals surface area (Å²) in [6.07, 6.45) is 4.55. The number of carbonyl (C=O) groups is 2. The number of fused-ring (bicyclic) bond motifs is 1. The van der Waals surface area contributed by atoms with E-state index in [1.54, 1.807) is 36.4 Å². The summed E-state index contributed by atoms with van der Waals surface area (Å²) in [5, 5.41) is 5.76. The fraction of sp³-hybridized carbons (Fsp3) is 0.0769. The molecule has 0 aliphatic carbocycles. The van der Waals surface area contributed by atoms with Crippen molar-refractivity contribution in [3.05, 3.63) is 102 Å². The lowest BCUT2D eigenvalue weighted by atomic mass is 10.0. The van der Waals surface area contributed by atoms with Crippen molar-refractivity contribution in [3.8, 4) is 11.5 Å². The van der Waals surface area contributed by atoms with Crippen LogP contribution in [0.15, 0.2) is 90.3 Å². The van der Waals surface area contributed by atoms with Gasteiger partial charge in [-0.15, -0.1) is 0 Å². The number of nitrogens with one attached hydrogen (secondary N) is 1. The lowest BCUT2D eigenvalue weighted by Gasteiger charge is -2.12. The standard InChI is InChI=1S/C26H21N3O4/c1-2-32-24-16-18(17-28-29-25(30)20-12-14-27-15-13-20)10-11-23(24)33-26(31)22-9-5-7-19-6-3-4-8-21(19)22/h3-17H,2H2,1H3,(H,29,30)/b28-17-. The van der Waals surface area contributed by atoms with Gasteiger partial charge in [-0.05, 0) is 59.7 Å². The van der Waals surface area contributed by atoms with Gasteiger partial charge < -0.3 is 9.47 Å². The van der Waals surface area contributed by atoms with E-state index < -0.39 is 5.97 Å². The van der Waals surface area contributed by atoms with Crippen molar-refractivity contribution in [2.75, 3.05) is 6.61 Å². The number of hydrogen-bond donors (Lipinski definition) is 1. The number of aromatic nitrogens is 1. The Kier molecular flexibility index (Phi) is 6.70. The highest BCUT2D eigenvalue weighted by atomic mass is 16.6. The van der Waals surface area contributed by atoms with Crippen LogP contribution in [-0.4, -0.2) is 29.7 Å². The number of hydrazone groups is 1. The molecule has 4 aromatic rings. The van der Waals surface area contributed by atoms with Gasteiger partial charge in [-0.3, -0.25) is 9.78 Å². The zero-order valence-corrected chi connectivity index (χ0v) is 17.9. The first kappa shape index (κ1) is 21.7. The maximum atomic E-state index is 12.9. The Bertz CT molecular complexity index is 1310. The summed E-state index contributed by atoms with van der Waals surface area (Å²) in [6, 6.07) is 21.4. The maximum absolute atomic E-state index is 12.9. The lowest BCUT2D eigenvalue weighted by Crippen LogP contribution is -2.17. The van der Waals surface area contributed by atoms with Crippen molar-refractivity contribution in [2.45, 2.75) is 6.92 Å². The highest BCUT2D eigenvalue weighted by molar-refractivity contribution is 6.05. The minimum absolute atomic E-state index is 0.299. The van der Waals surface area contributed by atoms with Crippen LogP contribution in [0.5, 0.6) is 11.5 Å². The highest BCUT2D eigenvalue weighted by Gasteiger charge is 2.15. The second-order valence-corrected chi connectivity index (χ2v) is 6.99. The van der Waals surface area contributed by atoms with Crippen molar-refractivity contribution in [1.29, 1.82) is 0 Å². The van der Waals surface area contributed by atoms with Gasteiger partial charge in [0.2, 0.25) is 0 Å². The largest absolute Gasteiger partial charge is 0.490 e. The molecule has 33 heavy (non-hydrogen) atoms. The number of esters is 1. The van der Waals surface area contributed by atoms with Crippen LogP contribution in [0.3, 0.4) is 0 Å². The number of benzene rings is 3. The van der Waals surface area contributed by atoms with Crippen LogP contribution in [0.4, 0.5) is 0 Å². The van der Waals surface area contributed by atoms with Crippen LogP contribution in [0.25, 0.3) is 10.8 Å². The average molecular weight is 439 g/mol. The molecule has 0 unspecified atom stereocenters. The van der Waals surface area contributed by atoms with Crippen LogP contribution < -0.4 is 14.9 Å². The van der Waals surface area contributed by atoms with E-state index in [2.05, 4.69) is 15.5 Å². The Balaban J connectivity index is 1.51. The van der Waals surface area contributed by atoms with Crippen molar-refractivity contribution in [1.82, 2.24) is 10.4 Å². The van der Waals surface area contributed by atoms with E-state index >= 15 is 0 Å². The molecule has 0 saturated heterocycles. The molecule has 0 saturated carbocycles. The molecular formula is C26H21N3O4. The number of pyridine rings is 1. The molecule has 3 aromatic carbocycles. The average Bonchev–Trinajstić information content (AvgIpc) is 2.85. The maximum Gasteiger partial charge on any atom is 0.344 e. The first-order valence-corrected chi connectivity index (χ1v) is 10.4. The lowest BCUT2D eigenvalue weighted by molar-refractivity contribution is 0.0730. The molecule has 1 amide bonds. The van der Waals surface area contributed by atoms with Gasteiger partial charge in [0.25, 0.3) is 5.91 Å². The van der Waals surface area contributed by atoms with E-state index in [0.717, 1.165) is 10.8 Å². The van der Waals surface area contributed by atoms with Crippen LogP contribution in [0.2, 0.25) is 0 Å². The molecular weight excluding hydrogens is 418 g/mol. The third-order valence-electron chi connectivity index (χ3n) is 4.80. The predicted molar refractivity (Wildman–Crippen MR) is 126 cm³/mol. The van der Waals surface area contributed by atoms with Crippen LogP contribution >= 0.6 is 0 Å². The Labute approximate surface area is 190 Å². The van der Waals surface area contributed by atoms with E-state index in [0.29, 0.717) is 34.8 Å². The van der Waals surface area contributed by atoms with Crippen molar-refractivity contribution in [2.24, 2.45) is 5.10 Å². The van der Waals surface area contributed by atoms with Gasteiger partial charge in [0, 0.05) is 18.0 Å². The Hall–Kier alpha value is -4.52. The fourth-order valence-electron chi connectivity index (χ4n) is 3.25. The zero-order valence-electron chi connectivity index (χ0n) is 17.9. The number of carbonyl (C=O) groups excluding carboxylic acids is 2. The van der Waals surface area contributed by atoms with Gasteiger partial charge in [0.1, 0.15) is 0 Å². The molecule has 0 aliphatic heterocycles. The molecule has 0 fully saturated rings. The first-order valence-electron chi connectivity index (χ1n) is 10.4. The van der Waals surface area contributed by atoms with E-state index in [-0.39, 0.29) is 5.91 Å². The number of rotatable bonds is 7. The topological polar surface area (TPSA) is 89.9 Å². The molecule has 0 radical (unpaired) electrons. The van der Waals surface area contributed by atoms with Crippen LogP contribution in [0.1, 0.15) is 33.2 Å². The van der Waals surface area contributed by atoms with Crippen LogP contribution in [-0.2, 0) is 0 Å². The number of nitrogens with zero attached hydrogens (tertiary/aromatic N) is 2. The fourth-order valence-corrected chi connectivity index (χ4v) is 3.25. The molecule has 0 spiro atoms. The SMILES string of the molecule is CCOc1cc(/C=N\NC(=O)c2ccncc2)ccc1OC(=O)c1cccc2ccccc12. The number of amides is 1. The molecule has 0 bridgehead atoms. The third kappa shape index (κ3) is 5.22. The first-order chi connectivity index (χ1) is 16.2. The Morgan fingerprint density at radius 2 is 1.76 bits per heavy atom. The molecule has 1 N–H and O–H groups in total. The third-order valence-corrected chi connectivity index (χ3v) is 4.80. The summed E-state index contributed by atoms with van der Waals surface area (Å²) >= 11 is 0. The van der Waals surface area contributed by atoms with Gasteiger partial charge in [0.15, 0.2) is 11.5 Å². The van der Waals surface area contributed by atoms with Crippen molar-refractivity contribution < 1.29 is 19.1 Å². The minimum atomic E-state index is -0.473. The van der Waals surface area contributed by atoms with Gasteiger partial charge >= 0.3 is 5.97 Å². The molecule has 4 rings (SSSR count). The molecule has 164 valence electrons. The molecule has 7 heteroatoms. The minimum Gasteiger partial charge on any atom is -0.490 e. The second-order valence-electron chi connectivity index (χ2n) is 6.99.